The number of aryl methyl sites for hydroxylation is 1. The van der Waals surface area contributed by atoms with Crippen molar-refractivity contribution in [1.82, 2.24) is 4.57 Å². The predicted octanol–water partition coefficient (Wildman–Crippen LogP) is 5.12. The molecule has 0 unspecified atom stereocenters. The zero-order valence-electron chi connectivity index (χ0n) is 16.8. The molecular formula is C24H27NO4. The predicted molar refractivity (Wildman–Crippen MR) is 113 cm³/mol. The number of fused-ring (bicyclic) bond motifs is 1. The molecule has 0 radical (unpaired) electrons. The van der Waals surface area contributed by atoms with Gasteiger partial charge in [0.1, 0.15) is 12.3 Å². The van der Waals surface area contributed by atoms with Gasteiger partial charge in [-0.15, -0.1) is 0 Å². The molecule has 0 spiro atoms. The Labute approximate surface area is 171 Å². The van der Waals surface area contributed by atoms with E-state index in [0.29, 0.717) is 25.3 Å². The summed E-state index contributed by atoms with van der Waals surface area (Å²) < 4.78 is 12.5. The van der Waals surface area contributed by atoms with Crippen LogP contribution < -0.4 is 0 Å². The van der Waals surface area contributed by atoms with Crippen molar-refractivity contribution in [2.45, 2.75) is 45.8 Å². The SMILES string of the molecule is CCOC(=O)CCCCCn1c(C(=O)OCc2ccccc2)cc2ccccc21. The van der Waals surface area contributed by atoms with Crippen molar-refractivity contribution in [2.24, 2.45) is 0 Å². The van der Waals surface area contributed by atoms with E-state index < -0.39 is 0 Å². The molecule has 5 heteroatoms. The smallest absolute Gasteiger partial charge is 0.355 e. The fourth-order valence-electron chi connectivity index (χ4n) is 3.37. The summed E-state index contributed by atoms with van der Waals surface area (Å²) in [5.41, 5.74) is 2.54. The van der Waals surface area contributed by atoms with Crippen LogP contribution in [0.1, 0.15) is 48.7 Å². The van der Waals surface area contributed by atoms with Crippen LogP contribution >= 0.6 is 0 Å². The lowest BCUT2D eigenvalue weighted by atomic mass is 10.2. The molecule has 0 bridgehead atoms. The van der Waals surface area contributed by atoms with Gasteiger partial charge in [0, 0.05) is 23.9 Å². The molecule has 1 aromatic heterocycles. The lowest BCUT2D eigenvalue weighted by molar-refractivity contribution is -0.143. The van der Waals surface area contributed by atoms with Crippen LogP contribution in [0.5, 0.6) is 0 Å². The Bertz CT molecular complexity index is 946. The molecule has 2 aromatic carbocycles. The molecular weight excluding hydrogens is 366 g/mol. The van der Waals surface area contributed by atoms with Crippen LogP contribution in [-0.4, -0.2) is 23.1 Å². The highest BCUT2D eigenvalue weighted by Gasteiger charge is 2.17. The van der Waals surface area contributed by atoms with E-state index in [1.807, 2.05) is 72.2 Å². The Kier molecular flexibility index (Phi) is 7.45. The Morgan fingerprint density at radius 1 is 0.897 bits per heavy atom. The third-order valence-corrected chi connectivity index (χ3v) is 4.80. The summed E-state index contributed by atoms with van der Waals surface area (Å²) in [5.74, 6) is -0.472. The number of rotatable bonds is 10. The maximum Gasteiger partial charge on any atom is 0.355 e. The molecule has 1 heterocycles. The van der Waals surface area contributed by atoms with Crippen molar-refractivity contribution in [3.8, 4) is 0 Å². The molecule has 0 aliphatic carbocycles. The summed E-state index contributed by atoms with van der Waals surface area (Å²) in [4.78, 5) is 24.2. The quantitative estimate of drug-likeness (QED) is 0.354. The maximum absolute atomic E-state index is 12.8. The first-order valence-corrected chi connectivity index (χ1v) is 10.1. The standard InChI is InChI=1S/C24H27NO4/c1-2-28-23(26)15-7-4-10-16-25-21-14-9-8-13-20(21)17-22(25)24(27)29-18-19-11-5-3-6-12-19/h3,5-6,8-9,11-14,17H,2,4,7,10,15-16,18H2,1H3. The molecule has 0 aliphatic rings. The molecule has 0 N–H and O–H groups in total. The number of ether oxygens (including phenoxy) is 2. The summed E-state index contributed by atoms with van der Waals surface area (Å²) in [7, 11) is 0. The number of unbranched alkanes of at least 4 members (excludes halogenated alkanes) is 2. The Morgan fingerprint density at radius 2 is 1.66 bits per heavy atom. The van der Waals surface area contributed by atoms with Gasteiger partial charge in [0.15, 0.2) is 0 Å². The van der Waals surface area contributed by atoms with Crippen LogP contribution in [0.2, 0.25) is 0 Å². The van der Waals surface area contributed by atoms with Gasteiger partial charge in [0.2, 0.25) is 0 Å². The average molecular weight is 393 g/mol. The zero-order valence-corrected chi connectivity index (χ0v) is 16.8. The van der Waals surface area contributed by atoms with Gasteiger partial charge < -0.3 is 14.0 Å². The number of para-hydroxylation sites is 1. The summed E-state index contributed by atoms with van der Waals surface area (Å²) in [6.45, 7) is 3.18. The summed E-state index contributed by atoms with van der Waals surface area (Å²) >= 11 is 0. The molecule has 152 valence electrons. The average Bonchev–Trinajstić information content (AvgIpc) is 3.11. The monoisotopic (exact) mass is 393 g/mol. The second kappa shape index (κ2) is 10.5. The van der Waals surface area contributed by atoms with E-state index in [0.717, 1.165) is 35.7 Å². The normalized spacial score (nSPS) is 10.8. The van der Waals surface area contributed by atoms with E-state index in [-0.39, 0.29) is 18.5 Å². The zero-order chi connectivity index (χ0) is 20.5. The highest BCUT2D eigenvalue weighted by Crippen LogP contribution is 2.22. The minimum atomic E-state index is -0.323. The number of benzene rings is 2. The Balaban J connectivity index is 1.64. The van der Waals surface area contributed by atoms with Crippen molar-refractivity contribution >= 4 is 22.8 Å². The van der Waals surface area contributed by atoms with Gasteiger partial charge in [-0.1, -0.05) is 55.0 Å². The largest absolute Gasteiger partial charge is 0.466 e. The third-order valence-electron chi connectivity index (χ3n) is 4.80. The number of hydrogen-bond donors (Lipinski definition) is 0. The van der Waals surface area contributed by atoms with Crippen LogP contribution in [0, 0.1) is 0 Å². The fraction of sp³-hybridized carbons (Fsp3) is 0.333. The number of esters is 2. The van der Waals surface area contributed by atoms with Gasteiger partial charge >= 0.3 is 11.9 Å². The minimum Gasteiger partial charge on any atom is -0.466 e. The van der Waals surface area contributed by atoms with Crippen LogP contribution in [0.15, 0.2) is 60.7 Å². The van der Waals surface area contributed by atoms with Crippen LogP contribution in [-0.2, 0) is 27.4 Å². The summed E-state index contributed by atoms with van der Waals surface area (Å²) in [5, 5.41) is 1.02. The van der Waals surface area contributed by atoms with E-state index in [1.165, 1.54) is 0 Å². The van der Waals surface area contributed by atoms with Gasteiger partial charge in [0.05, 0.1) is 6.61 Å². The molecule has 0 aliphatic heterocycles. The molecule has 0 saturated heterocycles. The van der Waals surface area contributed by atoms with Crippen molar-refractivity contribution in [3.05, 3.63) is 71.9 Å². The summed E-state index contributed by atoms with van der Waals surface area (Å²) in [6.07, 6.45) is 2.99. The number of hydrogen-bond acceptors (Lipinski definition) is 4. The number of carbonyl (C=O) groups is 2. The molecule has 0 amide bonds. The van der Waals surface area contributed by atoms with Crippen molar-refractivity contribution in [1.29, 1.82) is 0 Å². The molecule has 0 fully saturated rings. The van der Waals surface area contributed by atoms with E-state index in [2.05, 4.69) is 0 Å². The van der Waals surface area contributed by atoms with E-state index in [9.17, 15) is 9.59 Å². The van der Waals surface area contributed by atoms with Crippen molar-refractivity contribution in [3.63, 3.8) is 0 Å². The van der Waals surface area contributed by atoms with Crippen molar-refractivity contribution < 1.29 is 19.1 Å². The van der Waals surface area contributed by atoms with Crippen LogP contribution in [0.25, 0.3) is 10.9 Å². The van der Waals surface area contributed by atoms with Gasteiger partial charge in [-0.2, -0.15) is 0 Å². The van der Waals surface area contributed by atoms with E-state index in [4.69, 9.17) is 9.47 Å². The second-order valence-corrected chi connectivity index (χ2v) is 6.92. The molecule has 5 nitrogen and oxygen atoms in total. The number of aromatic nitrogens is 1. The van der Waals surface area contributed by atoms with Crippen LogP contribution in [0.3, 0.4) is 0 Å². The second-order valence-electron chi connectivity index (χ2n) is 6.92. The Morgan fingerprint density at radius 3 is 2.45 bits per heavy atom. The maximum atomic E-state index is 12.8. The lowest BCUT2D eigenvalue weighted by Crippen LogP contribution is -2.12. The first-order chi connectivity index (χ1) is 14.2. The van der Waals surface area contributed by atoms with Gasteiger partial charge in [-0.25, -0.2) is 4.79 Å². The molecule has 29 heavy (non-hydrogen) atoms. The molecule has 3 aromatic rings. The molecule has 0 atom stereocenters. The first kappa shape index (κ1) is 20.6. The number of nitrogens with zero attached hydrogens (tertiary/aromatic N) is 1. The van der Waals surface area contributed by atoms with Crippen LogP contribution in [0.4, 0.5) is 0 Å². The highest BCUT2D eigenvalue weighted by atomic mass is 16.5. The van der Waals surface area contributed by atoms with E-state index in [1.54, 1.807) is 0 Å². The molecule has 0 saturated carbocycles. The Hall–Kier alpha value is -3.08. The van der Waals surface area contributed by atoms with Gasteiger partial charge in [-0.05, 0) is 37.5 Å². The topological polar surface area (TPSA) is 57.5 Å². The minimum absolute atomic E-state index is 0.149. The molecule has 3 rings (SSSR count). The highest BCUT2D eigenvalue weighted by molar-refractivity contribution is 5.95. The first-order valence-electron chi connectivity index (χ1n) is 10.1. The third kappa shape index (κ3) is 5.70. The van der Waals surface area contributed by atoms with E-state index >= 15 is 0 Å². The number of carbonyl (C=O) groups excluding carboxylic acids is 2. The van der Waals surface area contributed by atoms with Gasteiger partial charge in [-0.3, -0.25) is 4.79 Å². The lowest BCUT2D eigenvalue weighted by Gasteiger charge is -2.11. The summed E-state index contributed by atoms with van der Waals surface area (Å²) in [6, 6.07) is 19.5. The fourth-order valence-corrected chi connectivity index (χ4v) is 3.37. The van der Waals surface area contributed by atoms with Gasteiger partial charge in [0.25, 0.3) is 0 Å². The van der Waals surface area contributed by atoms with Crippen molar-refractivity contribution in [2.75, 3.05) is 6.61 Å².